The number of carbonyl (C=O) groups is 1. The first-order chi connectivity index (χ1) is 12.2. The second kappa shape index (κ2) is 8.23. The van der Waals surface area contributed by atoms with E-state index in [-0.39, 0.29) is 24.8 Å². The zero-order valence-electron chi connectivity index (χ0n) is 14.4. The van der Waals surface area contributed by atoms with E-state index in [2.05, 4.69) is 5.32 Å². The van der Waals surface area contributed by atoms with Crippen LogP contribution in [0.15, 0.2) is 42.5 Å². The number of hydrogen-bond donors (Lipinski definition) is 2. The van der Waals surface area contributed by atoms with Gasteiger partial charge in [-0.3, -0.25) is 4.79 Å². The number of alkyl halides is 3. The highest BCUT2D eigenvalue weighted by atomic mass is 19.4. The molecule has 0 bridgehead atoms. The predicted molar refractivity (Wildman–Crippen MR) is 91.2 cm³/mol. The van der Waals surface area contributed by atoms with Crippen LogP contribution in [0.5, 0.6) is 5.75 Å². The van der Waals surface area contributed by atoms with Gasteiger partial charge in [-0.15, -0.1) is 0 Å². The van der Waals surface area contributed by atoms with Crippen molar-refractivity contribution in [2.75, 3.05) is 13.2 Å². The van der Waals surface area contributed by atoms with Crippen LogP contribution in [0.4, 0.5) is 13.2 Å². The summed E-state index contributed by atoms with van der Waals surface area (Å²) in [5.74, 6) is -0.112. The number of nitrogens with one attached hydrogen (secondary N) is 1. The molecule has 0 aliphatic heterocycles. The van der Waals surface area contributed by atoms with Gasteiger partial charge >= 0.3 is 6.18 Å². The molecule has 1 unspecified atom stereocenters. The Kier molecular flexibility index (Phi) is 6.26. The highest BCUT2D eigenvalue weighted by Gasteiger charge is 2.30. The predicted octanol–water partition coefficient (Wildman–Crippen LogP) is 3.49. The molecule has 2 aromatic rings. The molecule has 140 valence electrons. The van der Waals surface area contributed by atoms with E-state index in [1.165, 1.54) is 12.1 Å². The van der Waals surface area contributed by atoms with E-state index in [0.29, 0.717) is 5.56 Å². The highest BCUT2D eigenvalue weighted by molar-refractivity contribution is 5.94. The third-order valence-corrected chi connectivity index (χ3v) is 3.89. The fourth-order valence-corrected chi connectivity index (χ4v) is 2.19. The first-order valence-corrected chi connectivity index (χ1v) is 8.00. The number of carbonyl (C=O) groups excluding carboxylic acids is 1. The summed E-state index contributed by atoms with van der Waals surface area (Å²) in [7, 11) is 0. The molecule has 7 heteroatoms. The Morgan fingerprint density at radius 1 is 1.12 bits per heavy atom. The average Bonchev–Trinajstić information content (AvgIpc) is 2.59. The maximum absolute atomic E-state index is 12.5. The molecule has 0 aliphatic carbocycles. The van der Waals surface area contributed by atoms with Crippen molar-refractivity contribution in [1.82, 2.24) is 5.32 Å². The molecule has 2 N–H and O–H groups in total. The molecule has 0 saturated heterocycles. The van der Waals surface area contributed by atoms with Gasteiger partial charge in [0.25, 0.3) is 5.91 Å². The molecule has 0 saturated carbocycles. The lowest BCUT2D eigenvalue weighted by Crippen LogP contribution is -2.35. The third-order valence-electron chi connectivity index (χ3n) is 3.89. The van der Waals surface area contributed by atoms with E-state index in [4.69, 9.17) is 4.74 Å². The number of hydrogen-bond acceptors (Lipinski definition) is 3. The summed E-state index contributed by atoms with van der Waals surface area (Å²) < 4.78 is 42.7. The molecule has 0 aliphatic rings. The second-order valence-electron chi connectivity index (χ2n) is 6.00. The highest BCUT2D eigenvalue weighted by Crippen LogP contribution is 2.30. The summed E-state index contributed by atoms with van der Waals surface area (Å²) >= 11 is 0. The molecule has 0 radical (unpaired) electrons. The zero-order valence-corrected chi connectivity index (χ0v) is 14.4. The lowest BCUT2D eigenvalue weighted by Gasteiger charge is -2.14. The lowest BCUT2D eigenvalue weighted by molar-refractivity contribution is -0.137. The first kappa shape index (κ1) is 19.8. The molecule has 1 amide bonds. The summed E-state index contributed by atoms with van der Waals surface area (Å²) in [5.41, 5.74) is 1.78. The van der Waals surface area contributed by atoms with Gasteiger partial charge in [0.1, 0.15) is 18.5 Å². The van der Waals surface area contributed by atoms with Gasteiger partial charge < -0.3 is 15.2 Å². The topological polar surface area (TPSA) is 58.6 Å². The van der Waals surface area contributed by atoms with E-state index in [1.807, 2.05) is 19.9 Å². The average molecular weight is 367 g/mol. The largest absolute Gasteiger partial charge is 0.491 e. The number of aryl methyl sites for hydroxylation is 2. The van der Waals surface area contributed by atoms with Gasteiger partial charge in [0.05, 0.1) is 5.56 Å². The Labute approximate surface area is 149 Å². The number of rotatable bonds is 6. The van der Waals surface area contributed by atoms with Gasteiger partial charge in [0, 0.05) is 12.1 Å². The van der Waals surface area contributed by atoms with Crippen molar-refractivity contribution in [3.05, 3.63) is 64.7 Å². The molecule has 0 spiro atoms. The van der Waals surface area contributed by atoms with E-state index in [0.717, 1.165) is 23.3 Å². The minimum Gasteiger partial charge on any atom is -0.491 e. The minimum atomic E-state index is -4.41. The van der Waals surface area contributed by atoms with Crippen LogP contribution in [0, 0.1) is 13.8 Å². The van der Waals surface area contributed by atoms with Crippen LogP contribution < -0.4 is 10.1 Å². The molecule has 2 aromatic carbocycles. The lowest BCUT2D eigenvalue weighted by atomic mass is 10.1. The molecule has 2 rings (SSSR count). The second-order valence-corrected chi connectivity index (χ2v) is 6.00. The Bertz CT molecular complexity index is 758. The van der Waals surface area contributed by atoms with Gasteiger partial charge in [-0.05, 0) is 61.4 Å². The van der Waals surface area contributed by atoms with E-state index in [1.54, 1.807) is 12.1 Å². The van der Waals surface area contributed by atoms with Crippen molar-refractivity contribution >= 4 is 5.91 Å². The van der Waals surface area contributed by atoms with Crippen molar-refractivity contribution in [1.29, 1.82) is 0 Å². The third kappa shape index (κ3) is 5.49. The Balaban J connectivity index is 1.80. The minimum absolute atomic E-state index is 0.0353. The SMILES string of the molecule is Cc1ccc(C(=O)NCC(O)COc2ccc(C(F)(F)F)cc2)cc1C. The van der Waals surface area contributed by atoms with Gasteiger partial charge in [-0.25, -0.2) is 0 Å². The van der Waals surface area contributed by atoms with Crippen LogP contribution in [0.2, 0.25) is 0 Å². The number of aliphatic hydroxyl groups excluding tert-OH is 1. The summed E-state index contributed by atoms with van der Waals surface area (Å²) in [6.45, 7) is 3.66. The summed E-state index contributed by atoms with van der Waals surface area (Å²) in [6.07, 6.45) is -5.40. The number of aliphatic hydroxyl groups is 1. The zero-order chi connectivity index (χ0) is 19.3. The van der Waals surface area contributed by atoms with Crippen LogP contribution in [-0.4, -0.2) is 30.3 Å². The van der Waals surface area contributed by atoms with Crippen molar-refractivity contribution in [3.63, 3.8) is 0 Å². The summed E-state index contributed by atoms with van der Waals surface area (Å²) in [4.78, 5) is 12.0. The normalized spacial score (nSPS) is 12.5. The number of benzene rings is 2. The van der Waals surface area contributed by atoms with Crippen molar-refractivity contribution in [2.45, 2.75) is 26.1 Å². The van der Waals surface area contributed by atoms with Crippen LogP contribution in [0.3, 0.4) is 0 Å². The number of halogens is 3. The molecule has 0 fully saturated rings. The maximum atomic E-state index is 12.5. The van der Waals surface area contributed by atoms with Crippen LogP contribution in [0.1, 0.15) is 27.0 Å². The summed E-state index contributed by atoms with van der Waals surface area (Å²) in [6, 6.07) is 9.48. The molecule has 26 heavy (non-hydrogen) atoms. The van der Waals surface area contributed by atoms with Gasteiger partial charge in [0.2, 0.25) is 0 Å². The van der Waals surface area contributed by atoms with E-state index in [9.17, 15) is 23.1 Å². The Morgan fingerprint density at radius 3 is 2.35 bits per heavy atom. The molecule has 0 heterocycles. The van der Waals surface area contributed by atoms with Crippen molar-refractivity contribution < 1.29 is 27.8 Å². The van der Waals surface area contributed by atoms with Crippen molar-refractivity contribution in [2.24, 2.45) is 0 Å². The number of ether oxygens (including phenoxy) is 1. The summed E-state index contributed by atoms with van der Waals surface area (Å²) in [5, 5.41) is 12.5. The maximum Gasteiger partial charge on any atom is 0.416 e. The van der Waals surface area contributed by atoms with Crippen LogP contribution >= 0.6 is 0 Å². The molecule has 0 aromatic heterocycles. The van der Waals surface area contributed by atoms with Gasteiger partial charge in [0.15, 0.2) is 0 Å². The smallest absolute Gasteiger partial charge is 0.416 e. The molecular formula is C19H20F3NO3. The Hall–Kier alpha value is -2.54. The van der Waals surface area contributed by atoms with Crippen molar-refractivity contribution in [3.8, 4) is 5.75 Å². The van der Waals surface area contributed by atoms with Crippen LogP contribution in [-0.2, 0) is 6.18 Å². The van der Waals surface area contributed by atoms with E-state index < -0.39 is 17.8 Å². The fourth-order valence-electron chi connectivity index (χ4n) is 2.19. The Morgan fingerprint density at radius 2 is 1.77 bits per heavy atom. The quantitative estimate of drug-likeness (QED) is 0.822. The van der Waals surface area contributed by atoms with Crippen LogP contribution in [0.25, 0.3) is 0 Å². The standard InChI is InChI=1S/C19H20F3NO3/c1-12-3-4-14(9-13(12)2)18(25)23-10-16(24)11-26-17-7-5-15(6-8-17)19(20,21)22/h3-9,16,24H,10-11H2,1-2H3,(H,23,25). The van der Waals surface area contributed by atoms with E-state index >= 15 is 0 Å². The van der Waals surface area contributed by atoms with Gasteiger partial charge in [-0.1, -0.05) is 6.07 Å². The first-order valence-electron chi connectivity index (χ1n) is 8.00. The fraction of sp³-hybridized carbons (Fsp3) is 0.316. The van der Waals surface area contributed by atoms with Gasteiger partial charge in [-0.2, -0.15) is 13.2 Å². The molecule has 4 nitrogen and oxygen atoms in total. The molecular weight excluding hydrogens is 347 g/mol. The molecule has 1 atom stereocenters. The number of amides is 1. The monoisotopic (exact) mass is 367 g/mol.